The van der Waals surface area contributed by atoms with Crippen LogP contribution < -0.4 is 10.6 Å². The maximum Gasteiger partial charge on any atom is 0.311 e. The molecule has 3 rings (SSSR count). The Balaban J connectivity index is 1.56. The van der Waals surface area contributed by atoms with Crippen molar-refractivity contribution in [2.45, 2.75) is 36.8 Å². The second kappa shape index (κ2) is 13.5. The summed E-state index contributed by atoms with van der Waals surface area (Å²) in [6, 6.07) is 17.0. The first-order chi connectivity index (χ1) is 17.0. The number of benzene rings is 2. The van der Waals surface area contributed by atoms with Crippen LogP contribution in [-0.4, -0.2) is 34.6 Å². The molecule has 7 nitrogen and oxygen atoms in total. The Morgan fingerprint density at radius 1 is 1.09 bits per heavy atom. The smallest absolute Gasteiger partial charge is 0.311 e. The zero-order valence-corrected chi connectivity index (χ0v) is 21.2. The number of thiazole rings is 1. The van der Waals surface area contributed by atoms with Crippen LogP contribution in [0.15, 0.2) is 70.9 Å². The van der Waals surface area contributed by atoms with Gasteiger partial charge in [0.05, 0.1) is 24.0 Å². The largest absolute Gasteiger partial charge is 0.466 e. The lowest BCUT2D eigenvalue weighted by molar-refractivity contribution is -0.142. The molecule has 0 spiro atoms. The molecule has 2 N–H and O–H groups in total. The molecule has 0 aliphatic heterocycles. The van der Waals surface area contributed by atoms with Crippen molar-refractivity contribution < 1.29 is 19.1 Å². The highest BCUT2D eigenvalue weighted by molar-refractivity contribution is 8.00. The minimum Gasteiger partial charge on any atom is -0.466 e. The number of nitrogens with one attached hydrogen (secondary N) is 2. The highest BCUT2D eigenvalue weighted by Gasteiger charge is 2.20. The van der Waals surface area contributed by atoms with Crippen molar-refractivity contribution in [3.8, 4) is 0 Å². The van der Waals surface area contributed by atoms with Crippen LogP contribution in [0.1, 0.15) is 31.5 Å². The van der Waals surface area contributed by atoms with Gasteiger partial charge in [-0.05, 0) is 43.2 Å². The number of anilines is 2. The number of aromatic nitrogens is 1. The van der Waals surface area contributed by atoms with E-state index in [0.717, 1.165) is 10.5 Å². The number of thioether (sulfide) groups is 1. The van der Waals surface area contributed by atoms with Crippen LogP contribution in [-0.2, 0) is 25.5 Å². The molecule has 1 aromatic heterocycles. The summed E-state index contributed by atoms with van der Waals surface area (Å²) in [6.45, 7) is 4.00. The van der Waals surface area contributed by atoms with Crippen LogP contribution in [0.4, 0.5) is 10.8 Å². The van der Waals surface area contributed by atoms with Crippen LogP contribution in [0.2, 0.25) is 0 Å². The third kappa shape index (κ3) is 8.70. The Morgan fingerprint density at radius 2 is 1.89 bits per heavy atom. The van der Waals surface area contributed by atoms with Crippen molar-refractivity contribution in [3.05, 3.63) is 77.3 Å². The van der Waals surface area contributed by atoms with E-state index < -0.39 is 0 Å². The van der Waals surface area contributed by atoms with Crippen molar-refractivity contribution in [1.29, 1.82) is 0 Å². The fourth-order valence-corrected chi connectivity index (χ4v) is 4.77. The number of ether oxygens (including phenoxy) is 1. The van der Waals surface area contributed by atoms with E-state index in [2.05, 4.69) is 15.6 Å². The van der Waals surface area contributed by atoms with E-state index in [1.54, 1.807) is 24.4 Å². The van der Waals surface area contributed by atoms with Crippen molar-refractivity contribution >= 4 is 57.8 Å². The molecule has 35 heavy (non-hydrogen) atoms. The minimum atomic E-state index is -0.351. The predicted molar refractivity (Wildman–Crippen MR) is 142 cm³/mol. The molecule has 0 aliphatic carbocycles. The molecule has 0 bridgehead atoms. The van der Waals surface area contributed by atoms with E-state index >= 15 is 0 Å². The highest BCUT2D eigenvalue weighted by Crippen LogP contribution is 2.29. The normalized spacial score (nSPS) is 11.7. The molecule has 2 amide bonds. The fourth-order valence-electron chi connectivity index (χ4n) is 3.05. The summed E-state index contributed by atoms with van der Waals surface area (Å²) >= 11 is 2.68. The summed E-state index contributed by atoms with van der Waals surface area (Å²) in [5, 5.41) is 7.52. The lowest BCUT2D eigenvalue weighted by Gasteiger charge is -2.14. The first-order valence-electron chi connectivity index (χ1n) is 11.2. The standard InChI is InChI=1S/C26H27N3O4S2/c1-3-22(25(32)29-26-28-20(17-34-26)16-24(31)33-4-2)35-21-12-8-11-19(15-21)27-23(30)14-13-18-9-6-5-7-10-18/h5-15,17,22H,3-4,16H2,1-2H3,(H,27,30)(H,28,29,32)/b14-13+. The molecular formula is C26H27N3O4S2. The van der Waals surface area contributed by atoms with E-state index in [1.165, 1.54) is 29.2 Å². The van der Waals surface area contributed by atoms with Gasteiger partial charge in [0.25, 0.3) is 0 Å². The molecular weight excluding hydrogens is 482 g/mol. The first kappa shape index (κ1) is 26.2. The Kier molecular flexibility index (Phi) is 10.1. The lowest BCUT2D eigenvalue weighted by atomic mass is 10.2. The molecule has 182 valence electrons. The Morgan fingerprint density at radius 3 is 2.63 bits per heavy atom. The first-order valence-corrected chi connectivity index (χ1v) is 12.9. The maximum atomic E-state index is 12.8. The van der Waals surface area contributed by atoms with E-state index in [-0.39, 0.29) is 29.5 Å². The Hall–Kier alpha value is -3.43. The van der Waals surface area contributed by atoms with Crippen molar-refractivity contribution in [3.63, 3.8) is 0 Å². The molecule has 2 aromatic carbocycles. The molecule has 0 saturated carbocycles. The average Bonchev–Trinajstić information content (AvgIpc) is 3.28. The predicted octanol–water partition coefficient (Wildman–Crippen LogP) is 5.41. The third-order valence-electron chi connectivity index (χ3n) is 4.68. The number of rotatable bonds is 11. The SMILES string of the molecule is CCOC(=O)Cc1csc(NC(=O)C(CC)Sc2cccc(NC(=O)/C=C/c3ccccc3)c2)n1. The molecule has 1 atom stereocenters. The second-order valence-corrected chi connectivity index (χ2v) is 9.53. The summed E-state index contributed by atoms with van der Waals surface area (Å²) in [5.41, 5.74) is 2.16. The Bertz CT molecular complexity index is 1180. The Labute approximate surface area is 213 Å². The van der Waals surface area contributed by atoms with Gasteiger partial charge in [-0.25, -0.2) is 4.98 Å². The minimum absolute atomic E-state index is 0.0746. The molecule has 0 aliphatic rings. The molecule has 3 aromatic rings. The maximum absolute atomic E-state index is 12.8. The summed E-state index contributed by atoms with van der Waals surface area (Å²) in [7, 11) is 0. The number of hydrogen-bond acceptors (Lipinski definition) is 7. The molecule has 0 radical (unpaired) electrons. The number of carbonyl (C=O) groups is 3. The van der Waals surface area contributed by atoms with E-state index in [4.69, 9.17) is 4.74 Å². The molecule has 0 saturated heterocycles. The quantitative estimate of drug-likeness (QED) is 0.204. The second-order valence-electron chi connectivity index (χ2n) is 7.39. The van der Waals surface area contributed by atoms with Gasteiger partial charge in [0.2, 0.25) is 11.8 Å². The van der Waals surface area contributed by atoms with Gasteiger partial charge in [0.1, 0.15) is 0 Å². The van der Waals surface area contributed by atoms with Gasteiger partial charge in [-0.3, -0.25) is 14.4 Å². The zero-order chi connectivity index (χ0) is 25.0. The number of amides is 2. The summed E-state index contributed by atoms with van der Waals surface area (Å²) in [5.74, 6) is -0.752. The van der Waals surface area contributed by atoms with Crippen molar-refractivity contribution in [2.75, 3.05) is 17.2 Å². The molecule has 1 heterocycles. The van der Waals surface area contributed by atoms with Gasteiger partial charge in [-0.1, -0.05) is 43.3 Å². The van der Waals surface area contributed by atoms with E-state index in [1.807, 2.05) is 55.5 Å². The monoisotopic (exact) mass is 509 g/mol. The van der Waals surface area contributed by atoms with Crippen LogP contribution >= 0.6 is 23.1 Å². The van der Waals surface area contributed by atoms with E-state index in [0.29, 0.717) is 29.5 Å². The topological polar surface area (TPSA) is 97.4 Å². The van der Waals surface area contributed by atoms with Gasteiger partial charge in [0.15, 0.2) is 5.13 Å². The number of carbonyl (C=O) groups excluding carboxylic acids is 3. The van der Waals surface area contributed by atoms with Gasteiger partial charge < -0.3 is 15.4 Å². The van der Waals surface area contributed by atoms with Crippen molar-refractivity contribution in [1.82, 2.24) is 4.98 Å². The van der Waals surface area contributed by atoms with Gasteiger partial charge in [-0.15, -0.1) is 23.1 Å². The van der Waals surface area contributed by atoms with Gasteiger partial charge in [-0.2, -0.15) is 0 Å². The van der Waals surface area contributed by atoms with Crippen molar-refractivity contribution in [2.24, 2.45) is 0 Å². The van der Waals surface area contributed by atoms with Crippen LogP contribution in [0.3, 0.4) is 0 Å². The number of nitrogens with zero attached hydrogens (tertiary/aromatic N) is 1. The third-order valence-corrected chi connectivity index (χ3v) is 6.85. The molecule has 0 fully saturated rings. The fraction of sp³-hybridized carbons (Fsp3) is 0.231. The van der Waals surface area contributed by atoms with Gasteiger partial charge >= 0.3 is 5.97 Å². The van der Waals surface area contributed by atoms with Gasteiger partial charge in [0, 0.05) is 22.0 Å². The average molecular weight is 510 g/mol. The van der Waals surface area contributed by atoms with Crippen LogP contribution in [0.5, 0.6) is 0 Å². The lowest BCUT2D eigenvalue weighted by Crippen LogP contribution is -2.24. The summed E-state index contributed by atoms with van der Waals surface area (Å²) < 4.78 is 4.93. The zero-order valence-electron chi connectivity index (χ0n) is 19.5. The number of esters is 1. The summed E-state index contributed by atoms with van der Waals surface area (Å²) in [4.78, 5) is 41.9. The molecule has 1 unspecified atom stereocenters. The van der Waals surface area contributed by atoms with E-state index in [9.17, 15) is 14.4 Å². The number of hydrogen-bond donors (Lipinski definition) is 2. The molecule has 9 heteroatoms. The highest BCUT2D eigenvalue weighted by atomic mass is 32.2. The van der Waals surface area contributed by atoms with Crippen LogP contribution in [0.25, 0.3) is 6.08 Å². The van der Waals surface area contributed by atoms with Crippen LogP contribution in [0, 0.1) is 0 Å². The summed E-state index contributed by atoms with van der Waals surface area (Å²) in [6.07, 6.45) is 3.92.